The number of carboxylic acids is 1. The zero-order chi connectivity index (χ0) is 19.1. The Bertz CT molecular complexity index is 995. The second-order valence-electron chi connectivity index (χ2n) is 4.78. The van der Waals surface area contributed by atoms with Crippen LogP contribution < -0.4 is 5.32 Å². The van der Waals surface area contributed by atoms with Gasteiger partial charge in [-0.15, -0.1) is 0 Å². The minimum Gasteiger partial charge on any atom is -0.478 e. The quantitative estimate of drug-likeness (QED) is 0.736. The summed E-state index contributed by atoms with van der Waals surface area (Å²) in [5, 5.41) is 39.4. The second-order valence-corrected chi connectivity index (χ2v) is 6.33. The maximum atomic E-state index is 11.6. The van der Waals surface area contributed by atoms with E-state index in [0.29, 0.717) is 9.92 Å². The average molecular weight is 381 g/mol. The van der Waals surface area contributed by atoms with Crippen molar-refractivity contribution in [2.24, 2.45) is 0 Å². The summed E-state index contributed by atoms with van der Waals surface area (Å²) in [6.07, 6.45) is 0. The van der Waals surface area contributed by atoms with Gasteiger partial charge in [0.2, 0.25) is 0 Å². The predicted octanol–water partition coefficient (Wildman–Crippen LogP) is 4.43. The van der Waals surface area contributed by atoms with Gasteiger partial charge in [0.25, 0.3) is 0 Å². The van der Waals surface area contributed by atoms with Crippen LogP contribution in [0.1, 0.15) is 10.4 Å². The molecule has 0 heterocycles. The molecular formula is C18H9ClN4O2S. The number of nitrogens with zero attached hydrogens (tertiary/aromatic N) is 3. The molecule has 0 radical (unpaired) electrons. The van der Waals surface area contributed by atoms with Crippen molar-refractivity contribution >= 4 is 35.0 Å². The van der Waals surface area contributed by atoms with Crippen LogP contribution >= 0.6 is 23.4 Å². The number of hydrogen-bond donors (Lipinski definition) is 2. The summed E-state index contributed by atoms with van der Waals surface area (Å²) in [5.74, 6) is -1.15. The molecule has 2 rings (SSSR count). The average Bonchev–Trinajstić information content (AvgIpc) is 2.64. The van der Waals surface area contributed by atoms with Crippen LogP contribution in [0.15, 0.2) is 63.5 Å². The van der Waals surface area contributed by atoms with E-state index in [0.717, 1.165) is 4.90 Å². The molecule has 0 aliphatic rings. The number of nitrogens with one attached hydrogen (secondary N) is 1. The summed E-state index contributed by atoms with van der Waals surface area (Å²) in [6.45, 7) is 0. The lowest BCUT2D eigenvalue weighted by Crippen LogP contribution is -2.04. The lowest BCUT2D eigenvalue weighted by Gasteiger charge is -2.10. The molecule has 2 aromatic rings. The van der Waals surface area contributed by atoms with E-state index in [1.165, 1.54) is 17.8 Å². The molecular weight excluding hydrogens is 372 g/mol. The van der Waals surface area contributed by atoms with E-state index in [1.807, 2.05) is 0 Å². The van der Waals surface area contributed by atoms with Crippen LogP contribution in [0.4, 0.5) is 5.69 Å². The lowest BCUT2D eigenvalue weighted by atomic mass is 10.2. The van der Waals surface area contributed by atoms with Crippen molar-refractivity contribution in [2.75, 3.05) is 5.32 Å². The van der Waals surface area contributed by atoms with Gasteiger partial charge in [0.1, 0.15) is 23.9 Å². The van der Waals surface area contributed by atoms with Crippen molar-refractivity contribution in [1.29, 1.82) is 15.8 Å². The fraction of sp³-hybridized carbons (Fsp3) is 0. The van der Waals surface area contributed by atoms with Crippen LogP contribution in [0.25, 0.3) is 0 Å². The minimum absolute atomic E-state index is 0.0164. The number of benzene rings is 2. The van der Waals surface area contributed by atoms with Crippen LogP contribution in [-0.4, -0.2) is 11.1 Å². The van der Waals surface area contributed by atoms with Crippen molar-refractivity contribution in [3.05, 3.63) is 64.3 Å². The number of carbonyl (C=O) groups is 1. The normalized spacial score (nSPS) is 9.31. The van der Waals surface area contributed by atoms with Gasteiger partial charge in [0.15, 0.2) is 5.57 Å². The van der Waals surface area contributed by atoms with E-state index in [9.17, 15) is 9.90 Å². The van der Waals surface area contributed by atoms with Gasteiger partial charge in [0.05, 0.1) is 5.56 Å². The Morgan fingerprint density at radius 2 is 1.69 bits per heavy atom. The summed E-state index contributed by atoms with van der Waals surface area (Å²) in [6, 6.07) is 16.4. The number of carboxylic acid groups (broad SMARTS) is 1. The first-order valence-corrected chi connectivity index (χ1v) is 8.20. The van der Waals surface area contributed by atoms with Gasteiger partial charge in [0, 0.05) is 20.5 Å². The van der Waals surface area contributed by atoms with Gasteiger partial charge in [-0.05, 0) is 42.5 Å². The number of hydrogen-bond acceptors (Lipinski definition) is 6. The van der Waals surface area contributed by atoms with Crippen molar-refractivity contribution in [1.82, 2.24) is 0 Å². The van der Waals surface area contributed by atoms with Crippen molar-refractivity contribution in [3.8, 4) is 18.2 Å². The third kappa shape index (κ3) is 4.55. The highest BCUT2D eigenvalue weighted by atomic mass is 35.5. The monoisotopic (exact) mass is 380 g/mol. The zero-order valence-corrected chi connectivity index (χ0v) is 14.6. The summed E-state index contributed by atoms with van der Waals surface area (Å²) < 4.78 is 0. The number of rotatable bonds is 5. The largest absolute Gasteiger partial charge is 0.478 e. The molecule has 26 heavy (non-hydrogen) atoms. The van der Waals surface area contributed by atoms with Crippen LogP contribution in [0.5, 0.6) is 0 Å². The Labute approximate surface area is 158 Å². The molecule has 126 valence electrons. The van der Waals surface area contributed by atoms with E-state index < -0.39 is 5.97 Å². The molecule has 0 saturated heterocycles. The molecule has 0 aromatic heterocycles. The molecule has 0 unspecified atom stereocenters. The molecule has 6 nitrogen and oxygen atoms in total. The van der Waals surface area contributed by atoms with Gasteiger partial charge >= 0.3 is 5.97 Å². The van der Waals surface area contributed by atoms with Gasteiger partial charge < -0.3 is 10.4 Å². The molecule has 8 heteroatoms. The molecule has 0 aliphatic carbocycles. The Kier molecular flexibility index (Phi) is 6.25. The first-order valence-electron chi connectivity index (χ1n) is 7.01. The molecule has 0 spiro atoms. The molecule has 2 aromatic carbocycles. The highest BCUT2D eigenvalue weighted by molar-refractivity contribution is 7.99. The van der Waals surface area contributed by atoms with E-state index >= 15 is 0 Å². The van der Waals surface area contributed by atoms with Crippen LogP contribution in [0, 0.1) is 34.0 Å². The Morgan fingerprint density at radius 3 is 2.23 bits per heavy atom. The summed E-state index contributed by atoms with van der Waals surface area (Å²) in [5.41, 5.74) is -0.335. The zero-order valence-electron chi connectivity index (χ0n) is 13.0. The maximum Gasteiger partial charge on any atom is 0.336 e. The number of allylic oxidation sites excluding steroid dienone is 2. The van der Waals surface area contributed by atoms with Gasteiger partial charge in [-0.25, -0.2) is 4.79 Å². The van der Waals surface area contributed by atoms with Crippen LogP contribution in [0.2, 0.25) is 5.02 Å². The molecule has 0 saturated carbocycles. The summed E-state index contributed by atoms with van der Waals surface area (Å²) >= 11 is 7.09. The van der Waals surface area contributed by atoms with Crippen molar-refractivity contribution in [3.63, 3.8) is 0 Å². The number of nitriles is 3. The molecule has 0 bridgehead atoms. The molecule has 0 fully saturated rings. The fourth-order valence-corrected chi connectivity index (χ4v) is 2.97. The van der Waals surface area contributed by atoms with Gasteiger partial charge in [-0.1, -0.05) is 23.4 Å². The van der Waals surface area contributed by atoms with Crippen LogP contribution in [-0.2, 0) is 0 Å². The molecule has 0 atom stereocenters. The van der Waals surface area contributed by atoms with Crippen molar-refractivity contribution in [2.45, 2.75) is 9.79 Å². The number of anilines is 1. The first-order chi connectivity index (χ1) is 12.5. The highest BCUT2D eigenvalue weighted by Gasteiger charge is 2.14. The summed E-state index contributed by atoms with van der Waals surface area (Å²) in [4.78, 5) is 12.9. The maximum absolute atomic E-state index is 11.6. The second kappa shape index (κ2) is 8.60. The Balaban J connectivity index is 2.38. The smallest absolute Gasteiger partial charge is 0.336 e. The van der Waals surface area contributed by atoms with E-state index in [4.69, 9.17) is 27.4 Å². The van der Waals surface area contributed by atoms with E-state index in [1.54, 1.807) is 54.6 Å². The van der Waals surface area contributed by atoms with E-state index in [2.05, 4.69) is 5.32 Å². The third-order valence-electron chi connectivity index (χ3n) is 3.11. The van der Waals surface area contributed by atoms with Crippen molar-refractivity contribution < 1.29 is 9.90 Å². The lowest BCUT2D eigenvalue weighted by molar-refractivity contribution is 0.0693. The standard InChI is InChI=1S/C18H9ClN4O2S/c19-12-1-4-14(5-2-12)26-17-6-3-13(7-15(17)18(24)25)23-16(10-22)11(8-20)9-21/h1-7,23H,(H,24,25). The number of aromatic carboxylic acids is 1. The third-order valence-corrected chi connectivity index (χ3v) is 4.44. The Hall–Kier alpha value is -3.44. The van der Waals surface area contributed by atoms with Crippen LogP contribution in [0.3, 0.4) is 0 Å². The molecule has 0 amide bonds. The summed E-state index contributed by atoms with van der Waals surface area (Å²) in [7, 11) is 0. The van der Waals surface area contributed by atoms with E-state index in [-0.39, 0.29) is 22.5 Å². The van der Waals surface area contributed by atoms with Gasteiger partial charge in [-0.2, -0.15) is 15.8 Å². The highest BCUT2D eigenvalue weighted by Crippen LogP contribution is 2.33. The predicted molar refractivity (Wildman–Crippen MR) is 96.5 cm³/mol. The SMILES string of the molecule is N#CC(C#N)=C(C#N)Nc1ccc(Sc2ccc(Cl)cc2)c(C(=O)O)c1. The first kappa shape index (κ1) is 18.9. The van der Waals surface area contributed by atoms with Gasteiger partial charge in [-0.3, -0.25) is 0 Å². The fourth-order valence-electron chi connectivity index (χ4n) is 1.92. The molecule has 2 N–H and O–H groups in total. The topological polar surface area (TPSA) is 121 Å². The Morgan fingerprint density at radius 1 is 1.04 bits per heavy atom. The number of halogens is 1. The molecule has 0 aliphatic heterocycles. The minimum atomic E-state index is -1.15.